The number of nitrogens with zero attached hydrogens (tertiary/aromatic N) is 2. The molecular weight excluding hydrogens is 372 g/mol. The van der Waals surface area contributed by atoms with Crippen LogP contribution in [0.2, 0.25) is 0 Å². The van der Waals surface area contributed by atoms with Crippen molar-refractivity contribution in [1.82, 2.24) is 4.31 Å². The van der Waals surface area contributed by atoms with E-state index in [4.69, 9.17) is 15.1 Å². The second-order valence-electron chi connectivity index (χ2n) is 3.91. The molecule has 1 aliphatic rings. The van der Waals surface area contributed by atoms with Gasteiger partial charge in [-0.15, -0.1) is 11.3 Å². The predicted molar refractivity (Wildman–Crippen MR) is 73.1 cm³/mol. The van der Waals surface area contributed by atoms with E-state index in [1.54, 1.807) is 0 Å². The Balaban J connectivity index is 2.35. The highest BCUT2D eigenvalue weighted by atomic mass is 79.9. The zero-order chi connectivity index (χ0) is 14.9. The van der Waals surface area contributed by atoms with Gasteiger partial charge in [0.25, 0.3) is 0 Å². The standard InChI is InChI=1S/C10H9BrN2O5S2/c11-9-8(3-7(19-9)10(14)15)20(16,17)13-1-2-18-6(4-12)5-13/h3,6H,1-2,5H2,(H,14,15). The van der Waals surface area contributed by atoms with Crippen molar-refractivity contribution in [3.63, 3.8) is 0 Å². The highest BCUT2D eigenvalue weighted by Crippen LogP contribution is 2.34. The molecule has 1 aromatic rings. The molecule has 10 heteroatoms. The first kappa shape index (κ1) is 15.4. The van der Waals surface area contributed by atoms with Gasteiger partial charge in [0.05, 0.1) is 23.0 Å². The molecule has 1 unspecified atom stereocenters. The summed E-state index contributed by atoms with van der Waals surface area (Å²) in [5.74, 6) is -1.19. The van der Waals surface area contributed by atoms with Gasteiger partial charge in [-0.3, -0.25) is 0 Å². The van der Waals surface area contributed by atoms with Crippen molar-refractivity contribution in [2.45, 2.75) is 11.0 Å². The van der Waals surface area contributed by atoms with Crippen LogP contribution in [0.5, 0.6) is 0 Å². The van der Waals surface area contributed by atoms with Crippen LogP contribution in [-0.2, 0) is 14.8 Å². The molecule has 2 heterocycles. The van der Waals surface area contributed by atoms with Crippen molar-refractivity contribution in [3.05, 3.63) is 14.7 Å². The largest absolute Gasteiger partial charge is 0.477 e. The van der Waals surface area contributed by atoms with Crippen LogP contribution in [-0.4, -0.2) is 49.6 Å². The van der Waals surface area contributed by atoms with Crippen LogP contribution >= 0.6 is 27.3 Å². The van der Waals surface area contributed by atoms with Crippen LogP contribution in [0.4, 0.5) is 0 Å². The second-order valence-corrected chi connectivity index (χ2v) is 8.18. The number of morpholine rings is 1. The molecule has 0 aromatic carbocycles. The summed E-state index contributed by atoms with van der Waals surface area (Å²) in [6.07, 6.45) is -0.810. The number of carboxylic acid groups (broad SMARTS) is 1. The van der Waals surface area contributed by atoms with E-state index in [2.05, 4.69) is 15.9 Å². The lowest BCUT2D eigenvalue weighted by Crippen LogP contribution is -2.44. The van der Waals surface area contributed by atoms with E-state index in [0.29, 0.717) is 0 Å². The summed E-state index contributed by atoms with van der Waals surface area (Å²) >= 11 is 3.91. The summed E-state index contributed by atoms with van der Waals surface area (Å²) in [6, 6.07) is 2.98. The van der Waals surface area contributed by atoms with Crippen molar-refractivity contribution in [2.75, 3.05) is 19.7 Å². The third kappa shape index (κ3) is 2.87. The Morgan fingerprint density at radius 3 is 2.90 bits per heavy atom. The van der Waals surface area contributed by atoms with Gasteiger partial charge in [0.1, 0.15) is 9.77 Å². The molecule has 1 atom stereocenters. The Morgan fingerprint density at radius 1 is 1.65 bits per heavy atom. The Kier molecular flexibility index (Phi) is 4.46. The lowest BCUT2D eigenvalue weighted by atomic mass is 10.3. The van der Waals surface area contributed by atoms with E-state index >= 15 is 0 Å². The maximum Gasteiger partial charge on any atom is 0.345 e. The van der Waals surface area contributed by atoms with Crippen molar-refractivity contribution >= 4 is 43.3 Å². The number of sulfonamides is 1. The summed E-state index contributed by atoms with van der Waals surface area (Å²) in [5.41, 5.74) is 0. The lowest BCUT2D eigenvalue weighted by molar-refractivity contribution is 0.0311. The molecule has 1 saturated heterocycles. The molecule has 1 aliphatic heterocycles. The van der Waals surface area contributed by atoms with E-state index in [-0.39, 0.29) is 33.3 Å². The number of ether oxygens (including phenoxy) is 1. The first-order valence-electron chi connectivity index (χ1n) is 5.40. The van der Waals surface area contributed by atoms with Crippen LogP contribution in [0.1, 0.15) is 9.67 Å². The van der Waals surface area contributed by atoms with E-state index in [9.17, 15) is 13.2 Å². The molecule has 0 bridgehead atoms. The third-order valence-electron chi connectivity index (χ3n) is 2.66. The zero-order valence-electron chi connectivity index (χ0n) is 9.95. The van der Waals surface area contributed by atoms with Gasteiger partial charge in [-0.05, 0) is 22.0 Å². The number of thiophene rings is 1. The summed E-state index contributed by atoms with van der Waals surface area (Å²) in [4.78, 5) is 10.7. The van der Waals surface area contributed by atoms with Crippen molar-refractivity contribution in [2.24, 2.45) is 0 Å². The van der Waals surface area contributed by atoms with Gasteiger partial charge in [-0.1, -0.05) is 0 Å². The summed E-state index contributed by atoms with van der Waals surface area (Å²) in [5, 5.41) is 17.7. The van der Waals surface area contributed by atoms with Crippen LogP contribution in [0.3, 0.4) is 0 Å². The average molecular weight is 381 g/mol. The van der Waals surface area contributed by atoms with Crippen LogP contribution < -0.4 is 0 Å². The zero-order valence-corrected chi connectivity index (χ0v) is 13.2. The number of carbonyl (C=O) groups is 1. The number of hydrogen-bond acceptors (Lipinski definition) is 6. The van der Waals surface area contributed by atoms with E-state index in [1.807, 2.05) is 6.07 Å². The fraction of sp³-hybridized carbons (Fsp3) is 0.400. The second kappa shape index (κ2) is 5.79. The van der Waals surface area contributed by atoms with Crippen molar-refractivity contribution in [3.8, 4) is 6.07 Å². The first-order chi connectivity index (χ1) is 9.36. The third-order valence-corrected chi connectivity index (χ3v) is 6.76. The van der Waals surface area contributed by atoms with Crippen molar-refractivity contribution < 1.29 is 23.1 Å². The van der Waals surface area contributed by atoms with E-state index in [1.165, 1.54) is 0 Å². The molecule has 1 N–H and O–H groups in total. The maximum absolute atomic E-state index is 12.5. The minimum atomic E-state index is -3.85. The van der Waals surface area contributed by atoms with Gasteiger partial charge >= 0.3 is 5.97 Å². The van der Waals surface area contributed by atoms with Gasteiger partial charge in [-0.25, -0.2) is 13.2 Å². The molecule has 2 rings (SSSR count). The Hall–Kier alpha value is -0.990. The summed E-state index contributed by atoms with van der Waals surface area (Å²) in [6.45, 7) is 0.194. The Labute approximate surface area is 127 Å². The molecule has 0 saturated carbocycles. The van der Waals surface area contributed by atoms with Gasteiger partial charge in [-0.2, -0.15) is 9.57 Å². The van der Waals surface area contributed by atoms with Gasteiger partial charge in [0.15, 0.2) is 6.10 Å². The molecule has 0 spiro atoms. The molecule has 0 amide bonds. The van der Waals surface area contributed by atoms with Crippen LogP contribution in [0.15, 0.2) is 14.7 Å². The number of aromatic carboxylic acids is 1. The molecule has 1 fully saturated rings. The summed E-state index contributed by atoms with van der Waals surface area (Å²) in [7, 11) is -3.85. The topological polar surface area (TPSA) is 108 Å². The molecular formula is C10H9BrN2O5S2. The fourth-order valence-corrected chi connectivity index (χ4v) is 5.47. The molecule has 1 aromatic heterocycles. The normalized spacial score (nSPS) is 20.5. The van der Waals surface area contributed by atoms with Crippen LogP contribution in [0.25, 0.3) is 0 Å². The SMILES string of the molecule is N#CC1CN(S(=O)(=O)c2cc(C(=O)O)sc2Br)CCO1. The molecule has 0 radical (unpaired) electrons. The first-order valence-corrected chi connectivity index (χ1v) is 8.45. The quantitative estimate of drug-likeness (QED) is 0.841. The Bertz CT molecular complexity index is 678. The number of hydrogen-bond donors (Lipinski definition) is 1. The van der Waals surface area contributed by atoms with Crippen molar-refractivity contribution in [1.29, 1.82) is 5.26 Å². The summed E-state index contributed by atoms with van der Waals surface area (Å²) < 4.78 is 31.4. The number of rotatable bonds is 3. The minimum absolute atomic E-state index is 0.0659. The number of nitriles is 1. The van der Waals surface area contributed by atoms with Crippen LogP contribution in [0, 0.1) is 11.3 Å². The molecule has 7 nitrogen and oxygen atoms in total. The van der Waals surface area contributed by atoms with Gasteiger partial charge in [0, 0.05) is 6.54 Å². The lowest BCUT2D eigenvalue weighted by Gasteiger charge is -2.28. The highest BCUT2D eigenvalue weighted by Gasteiger charge is 2.33. The fourth-order valence-electron chi connectivity index (χ4n) is 1.69. The smallest absolute Gasteiger partial charge is 0.345 e. The average Bonchev–Trinajstić information content (AvgIpc) is 2.82. The number of carboxylic acids is 1. The van der Waals surface area contributed by atoms with Gasteiger partial charge in [0.2, 0.25) is 10.0 Å². The molecule has 0 aliphatic carbocycles. The number of halogens is 1. The minimum Gasteiger partial charge on any atom is -0.477 e. The molecule has 108 valence electrons. The predicted octanol–water partition coefficient (Wildman–Crippen LogP) is 1.12. The van der Waals surface area contributed by atoms with E-state index in [0.717, 1.165) is 21.7 Å². The monoisotopic (exact) mass is 380 g/mol. The molecule has 20 heavy (non-hydrogen) atoms. The maximum atomic E-state index is 12.5. The van der Waals surface area contributed by atoms with Gasteiger partial charge < -0.3 is 9.84 Å². The van der Waals surface area contributed by atoms with E-state index < -0.39 is 22.1 Å². The highest BCUT2D eigenvalue weighted by molar-refractivity contribution is 9.11. The Morgan fingerprint density at radius 2 is 2.35 bits per heavy atom.